The highest BCUT2D eigenvalue weighted by molar-refractivity contribution is 6.05. The van der Waals surface area contributed by atoms with Crippen molar-refractivity contribution in [2.75, 3.05) is 13.1 Å². The molecule has 0 saturated heterocycles. The van der Waals surface area contributed by atoms with Crippen LogP contribution < -0.4 is 5.63 Å². The lowest BCUT2D eigenvalue weighted by atomic mass is 10.0. The van der Waals surface area contributed by atoms with Crippen molar-refractivity contribution in [1.82, 2.24) is 4.90 Å². The van der Waals surface area contributed by atoms with Gasteiger partial charge in [-0.2, -0.15) is 0 Å². The summed E-state index contributed by atoms with van der Waals surface area (Å²) in [6.07, 6.45) is 0. The summed E-state index contributed by atoms with van der Waals surface area (Å²) in [6.45, 7) is 8.49. The number of nitrogens with zero attached hydrogens (tertiary/aromatic N) is 1. The minimum Gasteiger partial charge on any atom is -0.507 e. The summed E-state index contributed by atoms with van der Waals surface area (Å²) in [7, 11) is 0. The summed E-state index contributed by atoms with van der Waals surface area (Å²) in [6, 6.07) is 9.38. The van der Waals surface area contributed by atoms with Gasteiger partial charge in [-0.25, -0.2) is 4.79 Å². The Hall–Kier alpha value is -2.33. The van der Waals surface area contributed by atoms with Gasteiger partial charge in [0.15, 0.2) is 0 Å². The van der Waals surface area contributed by atoms with E-state index in [1.807, 2.05) is 24.3 Å². The van der Waals surface area contributed by atoms with E-state index < -0.39 is 0 Å². The minimum absolute atomic E-state index is 0.211. The molecule has 0 aliphatic heterocycles. The number of hydrogen-bond acceptors (Lipinski definition) is 4. The third-order valence-electron chi connectivity index (χ3n) is 4.48. The fraction of sp³-hybridized carbons (Fsp3) is 0.316. The molecule has 120 valence electrons. The van der Waals surface area contributed by atoms with Crippen molar-refractivity contribution >= 4 is 21.7 Å². The van der Waals surface area contributed by atoms with Crippen LogP contribution in [-0.2, 0) is 6.54 Å². The predicted octanol–water partition coefficient (Wildman–Crippen LogP) is 3.80. The van der Waals surface area contributed by atoms with Gasteiger partial charge in [0.1, 0.15) is 11.3 Å². The molecule has 0 saturated carbocycles. The average molecular weight is 311 g/mol. The molecule has 0 aliphatic carbocycles. The van der Waals surface area contributed by atoms with E-state index in [4.69, 9.17) is 4.42 Å². The Balaban J connectivity index is 2.33. The van der Waals surface area contributed by atoms with Crippen LogP contribution in [0.2, 0.25) is 0 Å². The quantitative estimate of drug-likeness (QED) is 0.588. The molecule has 0 amide bonds. The summed E-state index contributed by atoms with van der Waals surface area (Å²) in [5, 5.41) is 12.8. The van der Waals surface area contributed by atoms with Crippen molar-refractivity contribution in [1.29, 1.82) is 0 Å². The molecule has 0 unspecified atom stereocenters. The van der Waals surface area contributed by atoms with Crippen LogP contribution in [0, 0.1) is 6.92 Å². The highest BCUT2D eigenvalue weighted by atomic mass is 16.4. The number of benzene rings is 2. The standard InChI is InChI=1S/C19H21NO3/c1-4-20(5-2)11-13-10-16-14-8-6-7-9-15(14)19(22)23-18(16)12(3)17(13)21/h6-10,21H,4-5,11H2,1-3H3. The zero-order valence-corrected chi connectivity index (χ0v) is 13.7. The summed E-state index contributed by atoms with van der Waals surface area (Å²) in [4.78, 5) is 14.4. The number of phenolic OH excluding ortho intramolecular Hbond substituents is 1. The molecule has 3 aromatic rings. The molecule has 3 rings (SSSR count). The van der Waals surface area contributed by atoms with Crippen LogP contribution in [0.25, 0.3) is 21.7 Å². The van der Waals surface area contributed by atoms with Crippen molar-refractivity contribution in [3.05, 3.63) is 51.9 Å². The Kier molecular flexibility index (Phi) is 4.09. The van der Waals surface area contributed by atoms with Crippen LogP contribution in [0.15, 0.2) is 39.5 Å². The third-order valence-corrected chi connectivity index (χ3v) is 4.48. The second-order valence-electron chi connectivity index (χ2n) is 5.78. The van der Waals surface area contributed by atoms with Gasteiger partial charge in [-0.05, 0) is 37.5 Å². The van der Waals surface area contributed by atoms with E-state index in [9.17, 15) is 9.90 Å². The van der Waals surface area contributed by atoms with Gasteiger partial charge in [-0.3, -0.25) is 4.90 Å². The Morgan fingerprint density at radius 2 is 1.74 bits per heavy atom. The van der Waals surface area contributed by atoms with Crippen molar-refractivity contribution in [3.63, 3.8) is 0 Å². The third kappa shape index (κ3) is 2.59. The zero-order valence-electron chi connectivity index (χ0n) is 13.7. The second-order valence-corrected chi connectivity index (χ2v) is 5.78. The van der Waals surface area contributed by atoms with E-state index in [1.54, 1.807) is 13.0 Å². The number of hydrogen-bond donors (Lipinski definition) is 1. The van der Waals surface area contributed by atoms with Crippen LogP contribution in [0.5, 0.6) is 5.75 Å². The SMILES string of the molecule is CCN(CC)Cc1cc2c(oc(=O)c3ccccc32)c(C)c1O. The van der Waals surface area contributed by atoms with E-state index in [0.717, 1.165) is 29.4 Å². The van der Waals surface area contributed by atoms with E-state index in [-0.39, 0.29) is 11.4 Å². The maximum absolute atomic E-state index is 12.2. The van der Waals surface area contributed by atoms with Gasteiger partial charge in [0.2, 0.25) is 0 Å². The minimum atomic E-state index is -0.368. The molecule has 0 aliphatic rings. The molecule has 4 heteroatoms. The summed E-state index contributed by atoms with van der Waals surface area (Å²) < 4.78 is 5.47. The van der Waals surface area contributed by atoms with Gasteiger partial charge in [0, 0.05) is 23.1 Å². The Morgan fingerprint density at radius 1 is 1.09 bits per heavy atom. The van der Waals surface area contributed by atoms with Crippen LogP contribution in [0.1, 0.15) is 25.0 Å². The molecule has 0 radical (unpaired) electrons. The first-order valence-electron chi connectivity index (χ1n) is 7.96. The molecule has 2 aromatic carbocycles. The van der Waals surface area contributed by atoms with Gasteiger partial charge in [0.05, 0.1) is 5.39 Å². The highest BCUT2D eigenvalue weighted by Crippen LogP contribution is 2.34. The molecule has 23 heavy (non-hydrogen) atoms. The van der Waals surface area contributed by atoms with E-state index in [2.05, 4.69) is 18.7 Å². The lowest BCUT2D eigenvalue weighted by Crippen LogP contribution is -2.22. The van der Waals surface area contributed by atoms with Gasteiger partial charge in [0.25, 0.3) is 0 Å². The molecular formula is C19H21NO3. The molecule has 1 aromatic heterocycles. The average Bonchev–Trinajstić information content (AvgIpc) is 2.58. The molecule has 0 atom stereocenters. The van der Waals surface area contributed by atoms with Gasteiger partial charge < -0.3 is 9.52 Å². The fourth-order valence-electron chi connectivity index (χ4n) is 3.04. The van der Waals surface area contributed by atoms with Crippen molar-refractivity contribution in [2.45, 2.75) is 27.3 Å². The Labute approximate surface area is 135 Å². The maximum atomic E-state index is 12.2. The number of aromatic hydroxyl groups is 1. The number of fused-ring (bicyclic) bond motifs is 3. The van der Waals surface area contributed by atoms with E-state index in [1.165, 1.54) is 0 Å². The van der Waals surface area contributed by atoms with Gasteiger partial charge in [-0.15, -0.1) is 0 Å². The molecule has 1 N–H and O–H groups in total. The van der Waals surface area contributed by atoms with Crippen molar-refractivity contribution in [2.24, 2.45) is 0 Å². The van der Waals surface area contributed by atoms with Crippen molar-refractivity contribution < 1.29 is 9.52 Å². The van der Waals surface area contributed by atoms with Crippen LogP contribution >= 0.6 is 0 Å². The summed E-state index contributed by atoms with van der Waals surface area (Å²) in [5.74, 6) is 0.211. The van der Waals surface area contributed by atoms with Crippen LogP contribution in [-0.4, -0.2) is 23.1 Å². The summed E-state index contributed by atoms with van der Waals surface area (Å²) in [5.41, 5.74) is 1.58. The molecule has 0 fully saturated rings. The van der Waals surface area contributed by atoms with Gasteiger partial charge in [-0.1, -0.05) is 32.0 Å². The smallest absolute Gasteiger partial charge is 0.344 e. The normalized spacial score (nSPS) is 11.7. The monoisotopic (exact) mass is 311 g/mol. The second kappa shape index (κ2) is 6.05. The number of rotatable bonds is 4. The first kappa shape index (κ1) is 15.6. The van der Waals surface area contributed by atoms with Gasteiger partial charge >= 0.3 is 5.63 Å². The number of phenols is 1. The maximum Gasteiger partial charge on any atom is 0.344 e. The highest BCUT2D eigenvalue weighted by Gasteiger charge is 2.16. The lowest BCUT2D eigenvalue weighted by Gasteiger charge is -2.20. The Bertz CT molecular complexity index is 923. The van der Waals surface area contributed by atoms with E-state index in [0.29, 0.717) is 23.1 Å². The van der Waals surface area contributed by atoms with Crippen LogP contribution in [0.3, 0.4) is 0 Å². The van der Waals surface area contributed by atoms with Crippen LogP contribution in [0.4, 0.5) is 0 Å². The first-order valence-corrected chi connectivity index (χ1v) is 7.96. The summed E-state index contributed by atoms with van der Waals surface area (Å²) >= 11 is 0. The zero-order chi connectivity index (χ0) is 16.6. The molecule has 0 bridgehead atoms. The molecule has 1 heterocycles. The van der Waals surface area contributed by atoms with Crippen molar-refractivity contribution in [3.8, 4) is 5.75 Å². The first-order chi connectivity index (χ1) is 11.1. The Morgan fingerprint density at radius 3 is 2.39 bits per heavy atom. The molecule has 4 nitrogen and oxygen atoms in total. The number of aryl methyl sites for hydroxylation is 1. The fourth-order valence-corrected chi connectivity index (χ4v) is 3.04. The topological polar surface area (TPSA) is 53.7 Å². The largest absolute Gasteiger partial charge is 0.507 e. The molecular weight excluding hydrogens is 290 g/mol. The van der Waals surface area contributed by atoms with E-state index >= 15 is 0 Å². The predicted molar refractivity (Wildman–Crippen MR) is 93.0 cm³/mol. The molecule has 0 spiro atoms. The lowest BCUT2D eigenvalue weighted by molar-refractivity contribution is 0.290.